The number of oxazole rings is 1. The summed E-state index contributed by atoms with van der Waals surface area (Å²) in [7, 11) is 0. The molecule has 0 amide bonds. The summed E-state index contributed by atoms with van der Waals surface area (Å²) in [6.07, 6.45) is 6.56. The summed E-state index contributed by atoms with van der Waals surface area (Å²) in [5.74, 6) is 0.524. The summed E-state index contributed by atoms with van der Waals surface area (Å²) in [6, 6.07) is 0. The molecule has 5 nitrogen and oxygen atoms in total. The van der Waals surface area contributed by atoms with Gasteiger partial charge in [-0.25, -0.2) is 14.4 Å². The topological polar surface area (TPSA) is 56.2 Å². The van der Waals surface area contributed by atoms with Gasteiger partial charge in [0.15, 0.2) is 5.65 Å². The van der Waals surface area contributed by atoms with E-state index in [1.807, 2.05) is 0 Å². The summed E-state index contributed by atoms with van der Waals surface area (Å²) < 4.78 is 6.83. The normalized spacial score (nSPS) is 11.3. The van der Waals surface area contributed by atoms with Crippen LogP contribution < -0.4 is 0 Å². The van der Waals surface area contributed by atoms with Gasteiger partial charge in [-0.3, -0.25) is 0 Å². The van der Waals surface area contributed by atoms with Crippen LogP contribution >= 0.6 is 0 Å². The van der Waals surface area contributed by atoms with Crippen molar-refractivity contribution in [2.24, 2.45) is 0 Å². The minimum Gasteiger partial charge on any atom is -0.432 e. The van der Waals surface area contributed by atoms with Crippen LogP contribution in [0.3, 0.4) is 0 Å². The van der Waals surface area contributed by atoms with Crippen LogP contribution in [0.2, 0.25) is 0 Å². The number of imidazole rings is 1. The predicted molar refractivity (Wildman–Crippen MR) is 40.6 cm³/mol. The zero-order valence-electron chi connectivity index (χ0n) is 6.01. The van der Waals surface area contributed by atoms with Gasteiger partial charge in [-0.05, 0) is 0 Å². The number of fused-ring (bicyclic) bond motifs is 3. The molecule has 0 saturated heterocycles. The molecule has 3 aromatic heterocycles. The van der Waals surface area contributed by atoms with Crippen molar-refractivity contribution in [3.05, 3.63) is 24.9 Å². The van der Waals surface area contributed by atoms with E-state index >= 15 is 0 Å². The SMILES string of the molecule is c1cnc2c(n1)nc1occn12. The van der Waals surface area contributed by atoms with Gasteiger partial charge in [-0.15, -0.1) is 0 Å². The maximum Gasteiger partial charge on any atom is 0.309 e. The van der Waals surface area contributed by atoms with Crippen molar-refractivity contribution in [2.75, 3.05) is 0 Å². The van der Waals surface area contributed by atoms with Gasteiger partial charge in [0.25, 0.3) is 0 Å². The molecule has 58 valence electrons. The van der Waals surface area contributed by atoms with Crippen molar-refractivity contribution in [3.63, 3.8) is 0 Å². The largest absolute Gasteiger partial charge is 0.432 e. The first-order chi connectivity index (χ1) is 5.95. The molecule has 0 aliphatic rings. The highest BCUT2D eigenvalue weighted by Gasteiger charge is 2.06. The lowest BCUT2D eigenvalue weighted by Crippen LogP contribution is -1.81. The lowest BCUT2D eigenvalue weighted by Gasteiger charge is -1.83. The molecule has 5 heteroatoms. The summed E-state index contributed by atoms with van der Waals surface area (Å²) in [6.45, 7) is 0. The van der Waals surface area contributed by atoms with Crippen molar-refractivity contribution in [2.45, 2.75) is 0 Å². The quantitative estimate of drug-likeness (QED) is 0.489. The van der Waals surface area contributed by atoms with Gasteiger partial charge in [0.2, 0.25) is 5.65 Å². The second-order valence-corrected chi connectivity index (χ2v) is 2.37. The average molecular weight is 160 g/mol. The number of hydrogen-bond acceptors (Lipinski definition) is 4. The molecular weight excluding hydrogens is 156 g/mol. The number of nitrogens with zero attached hydrogens (tertiary/aromatic N) is 4. The molecular formula is C7H4N4O. The van der Waals surface area contributed by atoms with Crippen LogP contribution in [0, 0.1) is 0 Å². The molecule has 3 aromatic rings. The Morgan fingerprint density at radius 2 is 2.17 bits per heavy atom. The van der Waals surface area contributed by atoms with Gasteiger partial charge in [0.1, 0.15) is 6.26 Å². The Balaban J connectivity index is 2.68. The maximum atomic E-state index is 5.07. The van der Waals surface area contributed by atoms with Crippen molar-refractivity contribution < 1.29 is 4.42 Å². The average Bonchev–Trinajstić information content (AvgIpc) is 2.62. The van der Waals surface area contributed by atoms with Crippen LogP contribution in [-0.2, 0) is 0 Å². The monoisotopic (exact) mass is 160 g/mol. The molecule has 0 unspecified atom stereocenters. The summed E-state index contributed by atoms with van der Waals surface area (Å²) in [5, 5.41) is 0. The number of aromatic nitrogens is 4. The van der Waals surface area contributed by atoms with Crippen molar-refractivity contribution in [1.82, 2.24) is 19.4 Å². The Bertz CT molecular complexity index is 537. The van der Waals surface area contributed by atoms with E-state index in [2.05, 4.69) is 15.0 Å². The number of rotatable bonds is 0. The third-order valence-corrected chi connectivity index (χ3v) is 1.68. The molecule has 0 spiro atoms. The molecule has 0 bridgehead atoms. The molecule has 0 saturated carbocycles. The van der Waals surface area contributed by atoms with Gasteiger partial charge in [0, 0.05) is 12.4 Å². The summed E-state index contributed by atoms with van der Waals surface area (Å²) in [4.78, 5) is 12.3. The van der Waals surface area contributed by atoms with Crippen molar-refractivity contribution in [1.29, 1.82) is 0 Å². The molecule has 12 heavy (non-hydrogen) atoms. The zero-order chi connectivity index (χ0) is 7.97. The second-order valence-electron chi connectivity index (χ2n) is 2.37. The molecule has 3 rings (SSSR count). The van der Waals surface area contributed by atoms with Gasteiger partial charge >= 0.3 is 5.84 Å². The van der Waals surface area contributed by atoms with Crippen molar-refractivity contribution in [3.8, 4) is 0 Å². The summed E-state index contributed by atoms with van der Waals surface area (Å²) >= 11 is 0. The fourth-order valence-electron chi connectivity index (χ4n) is 1.18. The molecule has 0 N–H and O–H groups in total. The van der Waals surface area contributed by atoms with Crippen molar-refractivity contribution >= 4 is 17.1 Å². The second kappa shape index (κ2) is 1.82. The maximum absolute atomic E-state index is 5.07. The van der Waals surface area contributed by atoms with E-state index in [4.69, 9.17) is 4.42 Å². The highest BCUT2D eigenvalue weighted by Crippen LogP contribution is 2.11. The highest BCUT2D eigenvalue weighted by molar-refractivity contribution is 5.69. The lowest BCUT2D eigenvalue weighted by atomic mass is 10.7. The van der Waals surface area contributed by atoms with E-state index < -0.39 is 0 Å². The lowest BCUT2D eigenvalue weighted by molar-refractivity contribution is 0.597. The minimum atomic E-state index is 0.524. The van der Waals surface area contributed by atoms with Crippen LogP contribution in [0.4, 0.5) is 0 Å². The smallest absolute Gasteiger partial charge is 0.309 e. The van der Waals surface area contributed by atoms with Gasteiger partial charge in [0.05, 0.1) is 6.20 Å². The van der Waals surface area contributed by atoms with E-state index in [9.17, 15) is 0 Å². The first-order valence-electron chi connectivity index (χ1n) is 3.47. The summed E-state index contributed by atoms with van der Waals surface area (Å²) in [5.41, 5.74) is 1.33. The van der Waals surface area contributed by atoms with E-state index in [-0.39, 0.29) is 0 Å². The first kappa shape index (κ1) is 5.70. The fourth-order valence-corrected chi connectivity index (χ4v) is 1.18. The minimum absolute atomic E-state index is 0.524. The van der Waals surface area contributed by atoms with Crippen LogP contribution in [0.1, 0.15) is 0 Å². The van der Waals surface area contributed by atoms with Gasteiger partial charge < -0.3 is 4.42 Å². The van der Waals surface area contributed by atoms with Crippen LogP contribution in [0.25, 0.3) is 17.1 Å². The standard InChI is InChI=1S/C7H4N4O/c1-2-9-6-5(8-1)10-7-11(6)3-4-12-7/h1-4H. The van der Waals surface area contributed by atoms with Crippen LogP contribution in [0.15, 0.2) is 29.3 Å². The molecule has 0 radical (unpaired) electrons. The zero-order valence-corrected chi connectivity index (χ0v) is 6.01. The fraction of sp³-hybridized carbons (Fsp3) is 0. The Morgan fingerprint density at radius 1 is 1.25 bits per heavy atom. The molecule has 3 heterocycles. The van der Waals surface area contributed by atoms with Crippen LogP contribution in [0.5, 0.6) is 0 Å². The Labute approximate surface area is 66.7 Å². The Hall–Kier alpha value is -1.91. The van der Waals surface area contributed by atoms with E-state index in [0.29, 0.717) is 11.5 Å². The third kappa shape index (κ3) is 0.554. The Morgan fingerprint density at radius 3 is 3.17 bits per heavy atom. The molecule has 0 aliphatic carbocycles. The molecule has 0 aromatic carbocycles. The van der Waals surface area contributed by atoms with E-state index in [1.54, 1.807) is 29.3 Å². The Kier molecular flexibility index (Phi) is 0.864. The van der Waals surface area contributed by atoms with Gasteiger partial charge in [-0.1, -0.05) is 0 Å². The van der Waals surface area contributed by atoms with E-state index in [0.717, 1.165) is 5.65 Å². The number of hydrogen-bond donors (Lipinski definition) is 0. The van der Waals surface area contributed by atoms with Crippen LogP contribution in [-0.4, -0.2) is 19.4 Å². The molecule has 0 fully saturated rings. The predicted octanol–water partition coefficient (Wildman–Crippen LogP) is 0.870. The third-order valence-electron chi connectivity index (χ3n) is 1.68. The first-order valence-corrected chi connectivity index (χ1v) is 3.47. The van der Waals surface area contributed by atoms with E-state index in [1.165, 1.54) is 0 Å². The molecule has 0 atom stereocenters. The highest BCUT2D eigenvalue weighted by atomic mass is 16.3. The molecule has 0 aliphatic heterocycles. The van der Waals surface area contributed by atoms with Gasteiger partial charge in [-0.2, -0.15) is 4.98 Å².